The van der Waals surface area contributed by atoms with Gasteiger partial charge in [-0.25, -0.2) is 8.42 Å². The first-order valence-corrected chi connectivity index (χ1v) is 14.3. The summed E-state index contributed by atoms with van der Waals surface area (Å²) in [7, 11) is -3.77. The van der Waals surface area contributed by atoms with Crippen molar-refractivity contribution in [2.45, 2.75) is 72.0 Å². The Morgan fingerprint density at radius 3 is 2.03 bits per heavy atom. The highest BCUT2D eigenvalue weighted by atomic mass is 35.5. The SMILES string of the molecule is CC[C@@H](C)NC(=O)[C@@H](C)N(Cc1ccc(Cl)cc1)C(=O)CN(c1ccc(C(C)(C)C)cc1)S(C)(=O)=O. The number of halogens is 1. The van der Waals surface area contributed by atoms with Crippen LogP contribution in [0.15, 0.2) is 48.5 Å². The zero-order chi connectivity index (χ0) is 27.3. The molecule has 2 amide bonds. The van der Waals surface area contributed by atoms with Crippen LogP contribution in [0, 0.1) is 0 Å². The predicted octanol–water partition coefficient (Wildman–Crippen LogP) is 4.74. The van der Waals surface area contributed by atoms with Crippen molar-refractivity contribution in [2.24, 2.45) is 0 Å². The molecule has 2 rings (SSSR count). The van der Waals surface area contributed by atoms with E-state index in [4.69, 9.17) is 11.6 Å². The molecule has 9 heteroatoms. The van der Waals surface area contributed by atoms with Crippen molar-refractivity contribution in [3.05, 3.63) is 64.7 Å². The monoisotopic (exact) mass is 535 g/mol. The van der Waals surface area contributed by atoms with Crippen LogP contribution in [-0.4, -0.2) is 50.0 Å². The maximum Gasteiger partial charge on any atom is 0.244 e. The number of hydrogen-bond donors (Lipinski definition) is 1. The Morgan fingerprint density at radius 2 is 1.56 bits per heavy atom. The van der Waals surface area contributed by atoms with Crippen LogP contribution in [0.1, 0.15) is 59.1 Å². The Morgan fingerprint density at radius 1 is 1.00 bits per heavy atom. The van der Waals surface area contributed by atoms with Crippen molar-refractivity contribution in [3.8, 4) is 0 Å². The summed E-state index contributed by atoms with van der Waals surface area (Å²) in [6.07, 6.45) is 1.82. The van der Waals surface area contributed by atoms with Gasteiger partial charge >= 0.3 is 0 Å². The highest BCUT2D eigenvalue weighted by Gasteiger charge is 2.30. The molecule has 0 radical (unpaired) electrons. The summed E-state index contributed by atoms with van der Waals surface area (Å²) in [6.45, 7) is 11.4. The average Bonchev–Trinajstić information content (AvgIpc) is 2.80. The minimum Gasteiger partial charge on any atom is -0.352 e. The Hall–Kier alpha value is -2.58. The highest BCUT2D eigenvalue weighted by molar-refractivity contribution is 7.92. The van der Waals surface area contributed by atoms with Crippen molar-refractivity contribution < 1.29 is 18.0 Å². The molecule has 1 N–H and O–H groups in total. The molecule has 2 aromatic carbocycles. The number of benzene rings is 2. The van der Waals surface area contributed by atoms with E-state index in [0.29, 0.717) is 10.7 Å². The van der Waals surface area contributed by atoms with Gasteiger partial charge in [0.2, 0.25) is 21.8 Å². The van der Waals surface area contributed by atoms with E-state index in [1.807, 2.05) is 26.0 Å². The lowest BCUT2D eigenvalue weighted by Gasteiger charge is -2.32. The van der Waals surface area contributed by atoms with Gasteiger partial charge in [-0.05, 0) is 61.1 Å². The first-order chi connectivity index (χ1) is 16.6. The number of nitrogens with one attached hydrogen (secondary N) is 1. The van der Waals surface area contributed by atoms with E-state index < -0.39 is 28.5 Å². The maximum atomic E-state index is 13.6. The van der Waals surface area contributed by atoms with E-state index in [2.05, 4.69) is 26.1 Å². The van der Waals surface area contributed by atoms with Crippen molar-refractivity contribution in [1.29, 1.82) is 0 Å². The summed E-state index contributed by atoms with van der Waals surface area (Å²) in [4.78, 5) is 27.9. The standard InChI is InChI=1S/C27H38ClN3O4S/c1-8-19(2)29-26(33)20(3)30(17-21-9-13-23(28)14-10-21)25(32)18-31(36(7,34)35)24-15-11-22(12-16-24)27(4,5)6/h9-16,19-20H,8,17-18H2,1-7H3,(H,29,33)/t19-,20-/m1/s1. The molecule has 0 saturated carbocycles. The van der Waals surface area contributed by atoms with E-state index in [-0.39, 0.29) is 23.9 Å². The fourth-order valence-electron chi connectivity index (χ4n) is 3.58. The molecule has 0 spiro atoms. The Kier molecular flexibility index (Phi) is 9.97. The number of nitrogens with zero attached hydrogens (tertiary/aromatic N) is 2. The van der Waals surface area contributed by atoms with Gasteiger partial charge in [-0.3, -0.25) is 13.9 Å². The van der Waals surface area contributed by atoms with Crippen molar-refractivity contribution in [3.63, 3.8) is 0 Å². The quantitative estimate of drug-likeness (QED) is 0.476. The maximum absolute atomic E-state index is 13.6. The summed E-state index contributed by atoms with van der Waals surface area (Å²) >= 11 is 6.00. The summed E-state index contributed by atoms with van der Waals surface area (Å²) in [5.74, 6) is -0.783. The van der Waals surface area contributed by atoms with Crippen molar-refractivity contribution in [1.82, 2.24) is 10.2 Å². The van der Waals surface area contributed by atoms with Crippen LogP contribution in [0.3, 0.4) is 0 Å². The molecule has 2 atom stereocenters. The molecule has 198 valence electrons. The van der Waals surface area contributed by atoms with Gasteiger partial charge in [0.1, 0.15) is 12.6 Å². The van der Waals surface area contributed by atoms with Crippen LogP contribution in [0.5, 0.6) is 0 Å². The van der Waals surface area contributed by atoms with E-state index in [9.17, 15) is 18.0 Å². The fourth-order valence-corrected chi connectivity index (χ4v) is 4.55. The molecule has 0 saturated heterocycles. The van der Waals surface area contributed by atoms with Gasteiger partial charge in [0, 0.05) is 17.6 Å². The van der Waals surface area contributed by atoms with Crippen LogP contribution in [0.4, 0.5) is 5.69 Å². The summed E-state index contributed by atoms with van der Waals surface area (Å²) in [5.41, 5.74) is 2.11. The molecular weight excluding hydrogens is 498 g/mol. The fraction of sp³-hybridized carbons (Fsp3) is 0.481. The summed E-state index contributed by atoms with van der Waals surface area (Å²) in [6, 6.07) is 13.3. The molecule has 0 aliphatic heterocycles. The van der Waals surface area contributed by atoms with E-state index >= 15 is 0 Å². The van der Waals surface area contributed by atoms with Gasteiger partial charge in [0.15, 0.2) is 0 Å². The zero-order valence-electron chi connectivity index (χ0n) is 22.2. The zero-order valence-corrected chi connectivity index (χ0v) is 23.8. The second-order valence-electron chi connectivity index (χ2n) is 10.2. The minimum atomic E-state index is -3.77. The van der Waals surface area contributed by atoms with Gasteiger partial charge in [0.05, 0.1) is 11.9 Å². The summed E-state index contributed by atoms with van der Waals surface area (Å²) in [5, 5.41) is 3.47. The normalized spacial score (nSPS) is 13.6. The molecule has 0 heterocycles. The van der Waals surface area contributed by atoms with Gasteiger partial charge in [0.25, 0.3) is 0 Å². The van der Waals surface area contributed by atoms with Gasteiger partial charge in [-0.1, -0.05) is 63.6 Å². The number of hydrogen-bond acceptors (Lipinski definition) is 4. The van der Waals surface area contributed by atoms with E-state index in [1.165, 1.54) is 4.90 Å². The third-order valence-electron chi connectivity index (χ3n) is 6.14. The van der Waals surface area contributed by atoms with Crippen molar-refractivity contribution >= 4 is 39.1 Å². The number of sulfonamides is 1. The third-order valence-corrected chi connectivity index (χ3v) is 7.53. The predicted molar refractivity (Wildman–Crippen MR) is 147 cm³/mol. The third kappa shape index (κ3) is 8.23. The van der Waals surface area contributed by atoms with E-state index in [1.54, 1.807) is 43.3 Å². The Balaban J connectivity index is 2.39. The smallest absolute Gasteiger partial charge is 0.244 e. The molecule has 0 aliphatic carbocycles. The van der Waals surface area contributed by atoms with Crippen LogP contribution < -0.4 is 9.62 Å². The van der Waals surface area contributed by atoms with Crippen LogP contribution in [0.2, 0.25) is 5.02 Å². The highest BCUT2D eigenvalue weighted by Crippen LogP contribution is 2.26. The second-order valence-corrected chi connectivity index (χ2v) is 12.6. The lowest BCUT2D eigenvalue weighted by atomic mass is 9.87. The number of anilines is 1. The molecule has 0 unspecified atom stereocenters. The first kappa shape index (κ1) is 29.6. The topological polar surface area (TPSA) is 86.8 Å². The number of amides is 2. The van der Waals surface area contributed by atoms with Crippen LogP contribution >= 0.6 is 11.6 Å². The lowest BCUT2D eigenvalue weighted by Crippen LogP contribution is -2.52. The second kappa shape index (κ2) is 12.1. The molecule has 2 aromatic rings. The Bertz CT molecular complexity index is 1140. The van der Waals surface area contributed by atoms with Crippen LogP contribution in [0.25, 0.3) is 0 Å². The molecular formula is C27H38ClN3O4S. The van der Waals surface area contributed by atoms with Gasteiger partial charge in [-0.2, -0.15) is 0 Å². The van der Waals surface area contributed by atoms with Crippen molar-refractivity contribution in [2.75, 3.05) is 17.1 Å². The molecule has 0 aliphatic rings. The Labute approximate surface area is 220 Å². The lowest BCUT2D eigenvalue weighted by molar-refractivity contribution is -0.139. The van der Waals surface area contributed by atoms with Crippen LogP contribution in [-0.2, 0) is 31.6 Å². The molecule has 0 aromatic heterocycles. The largest absolute Gasteiger partial charge is 0.352 e. The minimum absolute atomic E-state index is 0.0544. The van der Waals surface area contributed by atoms with Gasteiger partial charge < -0.3 is 10.2 Å². The number of rotatable bonds is 10. The van der Waals surface area contributed by atoms with Gasteiger partial charge in [-0.15, -0.1) is 0 Å². The first-order valence-electron chi connectivity index (χ1n) is 12.1. The number of carbonyl (C=O) groups is 2. The number of carbonyl (C=O) groups excluding carboxylic acids is 2. The molecule has 0 bridgehead atoms. The molecule has 0 fully saturated rings. The molecule has 7 nitrogen and oxygen atoms in total. The molecule has 36 heavy (non-hydrogen) atoms. The van der Waals surface area contributed by atoms with E-state index in [0.717, 1.165) is 28.1 Å². The average molecular weight is 536 g/mol. The summed E-state index contributed by atoms with van der Waals surface area (Å²) < 4.78 is 26.5.